The van der Waals surface area contributed by atoms with Crippen molar-refractivity contribution < 1.29 is 0 Å². The molecule has 0 aliphatic heterocycles. The number of hydrazine groups is 1. The predicted octanol–water partition coefficient (Wildman–Crippen LogP) is 2.72. The molecule has 3 heteroatoms. The van der Waals surface area contributed by atoms with Gasteiger partial charge in [0.1, 0.15) is 0 Å². The van der Waals surface area contributed by atoms with Gasteiger partial charge in [-0.25, -0.2) is 0 Å². The molecule has 3 N–H and O–H groups in total. The maximum absolute atomic E-state index is 5.76. The fourth-order valence-electron chi connectivity index (χ4n) is 2.90. The first-order valence-corrected chi connectivity index (χ1v) is 6.59. The smallest absolute Gasteiger partial charge is 0.0506 e. The highest BCUT2D eigenvalue weighted by molar-refractivity contribution is 5.25. The largest absolute Gasteiger partial charge is 0.271 e. The summed E-state index contributed by atoms with van der Waals surface area (Å²) >= 11 is 0. The third-order valence-electron chi connectivity index (χ3n) is 4.13. The van der Waals surface area contributed by atoms with Crippen molar-refractivity contribution in [3.8, 4) is 0 Å². The van der Waals surface area contributed by atoms with E-state index in [9.17, 15) is 0 Å². The van der Waals surface area contributed by atoms with E-state index >= 15 is 0 Å². The number of nitrogens with zero attached hydrogens (tertiary/aromatic N) is 1. The Hall–Kier alpha value is -0.930. The van der Waals surface area contributed by atoms with Gasteiger partial charge in [0.25, 0.3) is 0 Å². The first kappa shape index (κ1) is 12.5. The summed E-state index contributed by atoms with van der Waals surface area (Å²) in [5, 5.41) is 0. The van der Waals surface area contributed by atoms with Crippen LogP contribution in [-0.2, 0) is 0 Å². The maximum atomic E-state index is 5.76. The van der Waals surface area contributed by atoms with Gasteiger partial charge in [0, 0.05) is 12.4 Å². The molecule has 3 nitrogen and oxygen atoms in total. The summed E-state index contributed by atoms with van der Waals surface area (Å²) in [6.45, 7) is 4.48. The molecular formula is C14H23N3. The van der Waals surface area contributed by atoms with E-state index in [0.717, 1.165) is 5.92 Å². The number of aryl methyl sites for hydroxylation is 1. The molecule has 1 aromatic rings. The Labute approximate surface area is 104 Å². The molecule has 1 fully saturated rings. The lowest BCUT2D eigenvalue weighted by Crippen LogP contribution is -2.35. The first-order chi connectivity index (χ1) is 8.22. The lowest BCUT2D eigenvalue weighted by Gasteiger charge is -2.33. The number of hydrogen-bond acceptors (Lipinski definition) is 3. The van der Waals surface area contributed by atoms with Crippen LogP contribution in [-0.4, -0.2) is 4.98 Å². The Bertz CT molecular complexity index is 356. The van der Waals surface area contributed by atoms with Gasteiger partial charge in [0.15, 0.2) is 0 Å². The van der Waals surface area contributed by atoms with E-state index in [4.69, 9.17) is 5.84 Å². The van der Waals surface area contributed by atoms with E-state index in [1.807, 2.05) is 12.4 Å². The monoisotopic (exact) mass is 233 g/mol. The summed E-state index contributed by atoms with van der Waals surface area (Å²) in [6.07, 6.45) is 8.98. The van der Waals surface area contributed by atoms with Crippen LogP contribution in [0.25, 0.3) is 0 Å². The average molecular weight is 233 g/mol. The van der Waals surface area contributed by atoms with E-state index < -0.39 is 0 Å². The Balaban J connectivity index is 2.14. The normalized spacial score (nSPS) is 26.8. The fourth-order valence-corrected chi connectivity index (χ4v) is 2.90. The highest BCUT2D eigenvalue weighted by Crippen LogP contribution is 2.36. The SMILES string of the molecule is Cc1ccncc1C(NN)C1CCC(C)CC1. The molecule has 1 aliphatic rings. The molecule has 94 valence electrons. The lowest BCUT2D eigenvalue weighted by molar-refractivity contribution is 0.232. The Morgan fingerprint density at radius 1 is 1.35 bits per heavy atom. The summed E-state index contributed by atoms with van der Waals surface area (Å²) < 4.78 is 0. The van der Waals surface area contributed by atoms with Gasteiger partial charge in [-0.15, -0.1) is 0 Å². The van der Waals surface area contributed by atoms with E-state index in [1.165, 1.54) is 36.8 Å². The third kappa shape index (κ3) is 2.85. The summed E-state index contributed by atoms with van der Waals surface area (Å²) in [5.74, 6) is 7.29. The molecule has 2 rings (SSSR count). The first-order valence-electron chi connectivity index (χ1n) is 6.59. The number of aromatic nitrogens is 1. The van der Waals surface area contributed by atoms with Crippen LogP contribution in [0, 0.1) is 18.8 Å². The molecular weight excluding hydrogens is 210 g/mol. The zero-order valence-corrected chi connectivity index (χ0v) is 10.8. The number of hydrogen-bond donors (Lipinski definition) is 2. The molecule has 0 radical (unpaired) electrons. The summed E-state index contributed by atoms with van der Waals surface area (Å²) in [7, 11) is 0. The number of nitrogens with two attached hydrogens (primary N) is 1. The summed E-state index contributed by atoms with van der Waals surface area (Å²) in [5.41, 5.74) is 5.54. The minimum atomic E-state index is 0.260. The third-order valence-corrected chi connectivity index (χ3v) is 4.13. The van der Waals surface area contributed by atoms with Crippen molar-refractivity contribution in [2.45, 2.75) is 45.6 Å². The minimum absolute atomic E-state index is 0.260. The van der Waals surface area contributed by atoms with Crippen molar-refractivity contribution in [1.82, 2.24) is 10.4 Å². The van der Waals surface area contributed by atoms with Gasteiger partial charge in [-0.1, -0.05) is 19.8 Å². The summed E-state index contributed by atoms with van der Waals surface area (Å²) in [4.78, 5) is 4.23. The minimum Gasteiger partial charge on any atom is -0.271 e. The number of rotatable bonds is 3. The molecule has 1 aromatic heterocycles. The van der Waals surface area contributed by atoms with Crippen molar-refractivity contribution in [1.29, 1.82) is 0 Å². The van der Waals surface area contributed by atoms with Gasteiger partial charge in [0.05, 0.1) is 6.04 Å². The van der Waals surface area contributed by atoms with Crippen molar-refractivity contribution >= 4 is 0 Å². The van der Waals surface area contributed by atoms with Crippen LogP contribution in [0.2, 0.25) is 0 Å². The average Bonchev–Trinajstić information content (AvgIpc) is 2.35. The van der Waals surface area contributed by atoms with E-state index in [2.05, 4.69) is 30.3 Å². The van der Waals surface area contributed by atoms with Crippen LogP contribution in [0.1, 0.15) is 49.8 Å². The van der Waals surface area contributed by atoms with Gasteiger partial charge in [0.2, 0.25) is 0 Å². The maximum Gasteiger partial charge on any atom is 0.0506 e. The van der Waals surface area contributed by atoms with Crippen molar-refractivity contribution in [3.63, 3.8) is 0 Å². The molecule has 0 spiro atoms. The molecule has 0 saturated heterocycles. The van der Waals surface area contributed by atoms with Crippen molar-refractivity contribution in [2.75, 3.05) is 0 Å². The summed E-state index contributed by atoms with van der Waals surface area (Å²) in [6, 6.07) is 2.32. The van der Waals surface area contributed by atoms with Crippen LogP contribution >= 0.6 is 0 Å². The Morgan fingerprint density at radius 2 is 2.06 bits per heavy atom. The second-order valence-corrected chi connectivity index (χ2v) is 5.40. The van der Waals surface area contributed by atoms with Crippen molar-refractivity contribution in [2.24, 2.45) is 17.7 Å². The second-order valence-electron chi connectivity index (χ2n) is 5.40. The zero-order valence-electron chi connectivity index (χ0n) is 10.8. The molecule has 1 saturated carbocycles. The Morgan fingerprint density at radius 3 is 2.65 bits per heavy atom. The molecule has 0 aromatic carbocycles. The van der Waals surface area contributed by atoms with Crippen molar-refractivity contribution in [3.05, 3.63) is 29.6 Å². The van der Waals surface area contributed by atoms with Crippen LogP contribution in [0.4, 0.5) is 0 Å². The molecule has 0 amide bonds. The molecule has 1 unspecified atom stereocenters. The van der Waals surface area contributed by atoms with Gasteiger partial charge in [-0.2, -0.15) is 0 Å². The number of pyridine rings is 1. The highest BCUT2D eigenvalue weighted by Gasteiger charge is 2.27. The number of nitrogens with one attached hydrogen (secondary N) is 1. The van der Waals surface area contributed by atoms with E-state index in [-0.39, 0.29) is 6.04 Å². The topological polar surface area (TPSA) is 50.9 Å². The van der Waals surface area contributed by atoms with Gasteiger partial charge < -0.3 is 0 Å². The predicted molar refractivity (Wildman–Crippen MR) is 70.2 cm³/mol. The van der Waals surface area contributed by atoms with Crippen LogP contribution in [0.15, 0.2) is 18.5 Å². The molecule has 1 atom stereocenters. The van der Waals surface area contributed by atoms with E-state index in [0.29, 0.717) is 5.92 Å². The quantitative estimate of drug-likeness (QED) is 0.623. The van der Waals surface area contributed by atoms with Gasteiger partial charge in [-0.3, -0.25) is 16.3 Å². The molecule has 1 heterocycles. The van der Waals surface area contributed by atoms with Crippen LogP contribution < -0.4 is 11.3 Å². The van der Waals surface area contributed by atoms with Crippen LogP contribution in [0.3, 0.4) is 0 Å². The molecule has 1 aliphatic carbocycles. The van der Waals surface area contributed by atoms with Crippen LogP contribution in [0.5, 0.6) is 0 Å². The van der Waals surface area contributed by atoms with Gasteiger partial charge >= 0.3 is 0 Å². The molecule has 0 bridgehead atoms. The standard InChI is InChI=1S/C14H23N3/c1-10-3-5-12(6-4-10)14(17-15)13-9-16-8-7-11(13)2/h7-10,12,14,17H,3-6,15H2,1-2H3. The Kier molecular flexibility index (Phi) is 4.13. The van der Waals surface area contributed by atoms with Gasteiger partial charge in [-0.05, 0) is 48.8 Å². The van der Waals surface area contributed by atoms with E-state index in [1.54, 1.807) is 0 Å². The fraction of sp³-hybridized carbons (Fsp3) is 0.643. The lowest BCUT2D eigenvalue weighted by atomic mass is 9.77. The molecule has 17 heavy (non-hydrogen) atoms. The highest BCUT2D eigenvalue weighted by atomic mass is 15.2. The second kappa shape index (κ2) is 5.61. The zero-order chi connectivity index (χ0) is 12.3.